The second kappa shape index (κ2) is 8.77. The molecule has 10 heteroatoms. The molecule has 0 radical (unpaired) electrons. The van der Waals surface area contributed by atoms with Crippen LogP contribution in [0.5, 0.6) is 5.75 Å². The topological polar surface area (TPSA) is 91.2 Å². The molecule has 1 aromatic heterocycles. The highest BCUT2D eigenvalue weighted by Crippen LogP contribution is 2.35. The molecule has 1 aliphatic rings. The summed E-state index contributed by atoms with van der Waals surface area (Å²) in [6, 6.07) is 5.36. The lowest BCUT2D eigenvalue weighted by molar-refractivity contribution is -0.139. The van der Waals surface area contributed by atoms with Crippen LogP contribution in [-0.4, -0.2) is 39.4 Å². The standard InChI is InChI=1S/C18H21F2N5O3/c1-3-4-5-10-27-16(26)14-11(2)21-18-22-23-24-25(18)15(14)12-6-8-13(9-7-12)28-17(19)20/h6-9,15,17H,3-5,10H2,1-2H3,(H,21,22,24)/t15-/m1/s1. The second-order valence-corrected chi connectivity index (χ2v) is 6.30. The normalized spacial score (nSPS) is 16.0. The summed E-state index contributed by atoms with van der Waals surface area (Å²) in [4.78, 5) is 12.8. The summed E-state index contributed by atoms with van der Waals surface area (Å²) in [6.07, 6.45) is 2.77. The van der Waals surface area contributed by atoms with Crippen LogP contribution in [0, 0.1) is 0 Å². The van der Waals surface area contributed by atoms with E-state index in [1.807, 2.05) is 0 Å². The first-order valence-corrected chi connectivity index (χ1v) is 8.98. The minimum Gasteiger partial charge on any atom is -0.462 e. The summed E-state index contributed by atoms with van der Waals surface area (Å²) in [5.41, 5.74) is 1.57. The highest BCUT2D eigenvalue weighted by atomic mass is 19.3. The molecule has 3 rings (SSSR count). The van der Waals surface area contributed by atoms with Gasteiger partial charge in [-0.3, -0.25) is 0 Å². The Kier molecular flexibility index (Phi) is 6.17. The van der Waals surface area contributed by atoms with Crippen molar-refractivity contribution in [1.29, 1.82) is 0 Å². The number of allylic oxidation sites excluding steroid dienone is 1. The highest BCUT2D eigenvalue weighted by Gasteiger charge is 2.34. The molecule has 28 heavy (non-hydrogen) atoms. The number of carbonyl (C=O) groups excluding carboxylic acids is 1. The molecule has 0 aliphatic carbocycles. The minimum absolute atomic E-state index is 0.0222. The number of fused-ring (bicyclic) bond motifs is 1. The van der Waals surface area contributed by atoms with Gasteiger partial charge >= 0.3 is 12.6 Å². The van der Waals surface area contributed by atoms with Gasteiger partial charge in [0, 0.05) is 5.70 Å². The number of ether oxygens (including phenoxy) is 2. The molecule has 0 unspecified atom stereocenters. The van der Waals surface area contributed by atoms with Gasteiger partial charge in [-0.25, -0.2) is 4.79 Å². The summed E-state index contributed by atoms with van der Waals surface area (Å²) in [7, 11) is 0. The molecule has 0 bridgehead atoms. The number of aromatic nitrogens is 4. The molecule has 0 saturated heterocycles. The molecule has 0 spiro atoms. The first-order valence-electron chi connectivity index (χ1n) is 8.98. The minimum atomic E-state index is -2.91. The largest absolute Gasteiger partial charge is 0.462 e. The van der Waals surface area contributed by atoms with Gasteiger partial charge in [-0.15, -0.1) is 0 Å². The fourth-order valence-electron chi connectivity index (χ4n) is 3.01. The van der Waals surface area contributed by atoms with Gasteiger partial charge in [-0.05, 0) is 41.5 Å². The van der Waals surface area contributed by atoms with E-state index in [9.17, 15) is 13.6 Å². The smallest absolute Gasteiger partial charge is 0.387 e. The molecule has 0 fully saturated rings. The third kappa shape index (κ3) is 4.26. The number of hydrogen-bond donors (Lipinski definition) is 1. The Morgan fingerprint density at radius 1 is 1.29 bits per heavy atom. The Morgan fingerprint density at radius 2 is 2.04 bits per heavy atom. The first kappa shape index (κ1) is 19.7. The van der Waals surface area contributed by atoms with Gasteiger partial charge in [0.05, 0.1) is 12.2 Å². The second-order valence-electron chi connectivity index (χ2n) is 6.30. The van der Waals surface area contributed by atoms with Crippen molar-refractivity contribution in [3.8, 4) is 5.75 Å². The number of nitrogens with zero attached hydrogens (tertiary/aromatic N) is 4. The molecular weight excluding hydrogens is 372 g/mol. The Hall–Kier alpha value is -3.04. The van der Waals surface area contributed by atoms with Gasteiger partial charge in [0.1, 0.15) is 11.8 Å². The Bertz CT molecular complexity index is 851. The summed E-state index contributed by atoms with van der Waals surface area (Å²) < 4.78 is 36.1. The van der Waals surface area contributed by atoms with Crippen LogP contribution < -0.4 is 10.1 Å². The molecule has 1 aliphatic heterocycles. The number of halogens is 2. The molecule has 8 nitrogen and oxygen atoms in total. The predicted molar refractivity (Wildman–Crippen MR) is 95.8 cm³/mol. The van der Waals surface area contributed by atoms with E-state index in [1.165, 1.54) is 16.8 Å². The maximum absolute atomic E-state index is 12.8. The molecule has 1 atom stereocenters. The van der Waals surface area contributed by atoms with Gasteiger partial charge in [0.2, 0.25) is 5.95 Å². The van der Waals surface area contributed by atoms with Crippen molar-refractivity contribution in [2.45, 2.75) is 45.8 Å². The van der Waals surface area contributed by atoms with Gasteiger partial charge in [0.15, 0.2) is 0 Å². The van der Waals surface area contributed by atoms with Crippen LogP contribution in [0.25, 0.3) is 0 Å². The molecule has 0 saturated carbocycles. The SMILES string of the molecule is CCCCCOC(=O)C1=C(C)Nc2nnnn2[C@@H]1c1ccc(OC(F)F)cc1. The zero-order valence-corrected chi connectivity index (χ0v) is 15.6. The Balaban J connectivity index is 1.89. The molecule has 2 aromatic rings. The van der Waals surface area contributed by atoms with Crippen molar-refractivity contribution in [1.82, 2.24) is 20.2 Å². The third-order valence-electron chi connectivity index (χ3n) is 4.34. The lowest BCUT2D eigenvalue weighted by atomic mass is 9.96. The van der Waals surface area contributed by atoms with Crippen LogP contribution in [0.1, 0.15) is 44.7 Å². The van der Waals surface area contributed by atoms with Crippen molar-refractivity contribution >= 4 is 11.9 Å². The predicted octanol–water partition coefficient (Wildman–Crippen LogP) is 3.30. The average molecular weight is 393 g/mol. The molecule has 0 amide bonds. The number of benzene rings is 1. The maximum Gasteiger partial charge on any atom is 0.387 e. The van der Waals surface area contributed by atoms with Gasteiger partial charge in [-0.2, -0.15) is 13.5 Å². The molecule has 2 heterocycles. The number of carbonyl (C=O) groups is 1. The molecule has 150 valence electrons. The van der Waals surface area contributed by atoms with E-state index in [1.54, 1.807) is 19.1 Å². The van der Waals surface area contributed by atoms with E-state index in [4.69, 9.17) is 4.74 Å². The third-order valence-corrected chi connectivity index (χ3v) is 4.34. The summed E-state index contributed by atoms with van der Waals surface area (Å²) in [5.74, 6) is -0.0767. The highest BCUT2D eigenvalue weighted by molar-refractivity contribution is 5.92. The number of anilines is 1. The van der Waals surface area contributed by atoms with Crippen molar-refractivity contribution in [2.75, 3.05) is 11.9 Å². The van der Waals surface area contributed by atoms with Crippen molar-refractivity contribution < 1.29 is 23.0 Å². The number of unbranched alkanes of at least 4 members (excludes halogenated alkanes) is 2. The van der Waals surface area contributed by atoms with Crippen molar-refractivity contribution in [2.24, 2.45) is 0 Å². The fraction of sp³-hybridized carbons (Fsp3) is 0.444. The fourth-order valence-corrected chi connectivity index (χ4v) is 3.01. The molecule has 1 aromatic carbocycles. The Morgan fingerprint density at radius 3 is 2.71 bits per heavy atom. The van der Waals surface area contributed by atoms with Crippen molar-refractivity contribution in [3.63, 3.8) is 0 Å². The average Bonchev–Trinajstić information content (AvgIpc) is 3.12. The number of nitrogens with one attached hydrogen (secondary N) is 1. The van der Waals surface area contributed by atoms with Crippen LogP contribution in [-0.2, 0) is 9.53 Å². The summed E-state index contributed by atoms with van der Waals surface area (Å²) >= 11 is 0. The number of hydrogen-bond acceptors (Lipinski definition) is 7. The molecular formula is C18H21F2N5O3. The number of rotatable bonds is 8. The van der Waals surface area contributed by atoms with E-state index in [0.29, 0.717) is 29.4 Å². The van der Waals surface area contributed by atoms with Crippen LogP contribution in [0.15, 0.2) is 35.5 Å². The van der Waals surface area contributed by atoms with E-state index in [0.717, 1.165) is 19.3 Å². The summed E-state index contributed by atoms with van der Waals surface area (Å²) in [6.45, 7) is 1.21. The zero-order chi connectivity index (χ0) is 20.1. The maximum atomic E-state index is 12.8. The lowest BCUT2D eigenvalue weighted by Gasteiger charge is -2.27. The van der Waals surface area contributed by atoms with Crippen LogP contribution in [0.2, 0.25) is 0 Å². The zero-order valence-electron chi connectivity index (χ0n) is 15.6. The van der Waals surface area contributed by atoms with Crippen LogP contribution in [0.4, 0.5) is 14.7 Å². The van der Waals surface area contributed by atoms with Crippen LogP contribution >= 0.6 is 0 Å². The van der Waals surface area contributed by atoms with Crippen LogP contribution in [0.3, 0.4) is 0 Å². The summed E-state index contributed by atoms with van der Waals surface area (Å²) in [5, 5.41) is 14.5. The number of esters is 1. The van der Waals surface area contributed by atoms with Gasteiger partial charge in [0.25, 0.3) is 0 Å². The quantitative estimate of drug-likeness (QED) is 0.543. The monoisotopic (exact) mass is 393 g/mol. The van der Waals surface area contributed by atoms with E-state index < -0.39 is 18.6 Å². The van der Waals surface area contributed by atoms with Crippen molar-refractivity contribution in [3.05, 3.63) is 41.1 Å². The van der Waals surface area contributed by atoms with E-state index in [2.05, 4.69) is 32.5 Å². The first-order chi connectivity index (χ1) is 13.5. The van der Waals surface area contributed by atoms with Gasteiger partial charge < -0.3 is 14.8 Å². The Labute approximate surface area is 160 Å². The van der Waals surface area contributed by atoms with E-state index in [-0.39, 0.29) is 5.75 Å². The lowest BCUT2D eigenvalue weighted by Crippen LogP contribution is -2.29. The van der Waals surface area contributed by atoms with E-state index >= 15 is 0 Å². The number of alkyl halides is 2. The molecule has 1 N–H and O–H groups in total. The number of tetrazole rings is 1. The van der Waals surface area contributed by atoms with Gasteiger partial charge in [-0.1, -0.05) is 37.0 Å².